The van der Waals surface area contributed by atoms with Crippen LogP contribution in [0.4, 0.5) is 11.4 Å². The summed E-state index contributed by atoms with van der Waals surface area (Å²) in [7, 11) is 0. The molecule has 0 unspecified atom stereocenters. The van der Waals surface area contributed by atoms with E-state index < -0.39 is 5.97 Å². The minimum Gasteiger partial charge on any atom is -0.481 e. The smallest absolute Gasteiger partial charge is 0.304 e. The fraction of sp³-hybridized carbons (Fsp3) is 0.300. The van der Waals surface area contributed by atoms with E-state index in [1.54, 1.807) is 0 Å². The number of nitrogens with two attached hydrogens (primary N) is 1. The number of carbonyl (C=O) groups is 2. The van der Waals surface area contributed by atoms with Crippen molar-refractivity contribution in [2.75, 3.05) is 22.8 Å². The van der Waals surface area contributed by atoms with Gasteiger partial charge in [-0.25, -0.2) is 0 Å². The minimum atomic E-state index is -0.843. The molecule has 5 nitrogen and oxygen atoms in total. The lowest BCUT2D eigenvalue weighted by Crippen LogP contribution is -2.11. The zero-order valence-electron chi connectivity index (χ0n) is 15.5. The molecule has 0 saturated heterocycles. The summed E-state index contributed by atoms with van der Waals surface area (Å²) in [5, 5.41) is 10.6. The third-order valence-electron chi connectivity index (χ3n) is 2.97. The summed E-state index contributed by atoms with van der Waals surface area (Å²) in [5.74, 6) is -0.321. The van der Waals surface area contributed by atoms with E-state index in [1.807, 2.05) is 62.4 Å². The van der Waals surface area contributed by atoms with Crippen LogP contribution in [0.25, 0.3) is 0 Å². The van der Waals surface area contributed by atoms with Gasteiger partial charge in [-0.3, -0.25) is 9.59 Å². The number of carboxylic acid groups (broad SMARTS) is 1. The monoisotopic (exact) mass is 412 g/mol. The normalized spacial score (nSPS) is 9.19. The summed E-state index contributed by atoms with van der Waals surface area (Å²) in [5.41, 5.74) is 9.47. The number of nitrogens with one attached hydrogen (secondary N) is 1. The van der Waals surface area contributed by atoms with E-state index in [0.29, 0.717) is 12.3 Å². The first kappa shape index (κ1) is 24.8. The number of amides is 1. The third kappa shape index (κ3) is 14.6. The Morgan fingerprint density at radius 1 is 0.963 bits per heavy atom. The molecule has 0 radical (unpaired) electrons. The maximum absolute atomic E-state index is 11.1. The van der Waals surface area contributed by atoms with Crippen LogP contribution in [-0.2, 0) is 9.59 Å². The van der Waals surface area contributed by atoms with Crippen molar-refractivity contribution in [3.05, 3.63) is 59.7 Å². The highest BCUT2D eigenvalue weighted by atomic mass is 35.5. The van der Waals surface area contributed by atoms with E-state index in [2.05, 4.69) is 5.32 Å². The number of anilines is 2. The number of carboxylic acids is 1. The second kappa shape index (κ2) is 14.9. The molecule has 0 heterocycles. The van der Waals surface area contributed by atoms with Crippen molar-refractivity contribution in [1.82, 2.24) is 0 Å². The summed E-state index contributed by atoms with van der Waals surface area (Å²) in [6.45, 7) is 4.01. The number of nitrogen functional groups attached to an aromatic ring is 1. The van der Waals surface area contributed by atoms with E-state index in [9.17, 15) is 9.59 Å². The Kier molecular flexibility index (Phi) is 13.6. The summed E-state index contributed by atoms with van der Waals surface area (Å²) in [6.07, 6.45) is 0.414. The highest BCUT2D eigenvalue weighted by Gasteiger charge is 2.00. The van der Waals surface area contributed by atoms with Crippen LogP contribution in [0.15, 0.2) is 48.5 Å². The Bertz CT molecular complexity index is 692. The average molecular weight is 413 g/mol. The van der Waals surface area contributed by atoms with Crippen LogP contribution in [0.1, 0.15) is 24.0 Å². The largest absolute Gasteiger partial charge is 0.481 e. The minimum absolute atomic E-state index is 0.0411. The molecule has 7 heteroatoms. The number of alkyl halides is 2. The van der Waals surface area contributed by atoms with Crippen LogP contribution in [0.2, 0.25) is 0 Å². The molecule has 148 valence electrons. The van der Waals surface area contributed by atoms with Crippen molar-refractivity contribution in [3.63, 3.8) is 0 Å². The summed E-state index contributed by atoms with van der Waals surface area (Å²) in [4.78, 5) is 20.6. The predicted molar refractivity (Wildman–Crippen MR) is 114 cm³/mol. The van der Waals surface area contributed by atoms with Gasteiger partial charge >= 0.3 is 5.97 Å². The van der Waals surface area contributed by atoms with Crippen LogP contribution in [-0.4, -0.2) is 28.7 Å². The SMILES string of the molecule is Cc1cccc(N)c1.Cc1cccc(NC(=O)CCCl)c1.O=C(O)CCCl. The predicted octanol–water partition coefficient (Wildman–Crippen LogP) is 4.84. The van der Waals surface area contributed by atoms with Gasteiger partial charge in [0.05, 0.1) is 6.42 Å². The van der Waals surface area contributed by atoms with Crippen LogP contribution >= 0.6 is 23.2 Å². The zero-order chi connectivity index (χ0) is 20.7. The quantitative estimate of drug-likeness (QED) is 0.483. The maximum Gasteiger partial charge on any atom is 0.304 e. The van der Waals surface area contributed by atoms with Crippen LogP contribution < -0.4 is 11.1 Å². The Balaban J connectivity index is 0.000000413. The average Bonchev–Trinajstić information content (AvgIpc) is 2.56. The molecule has 27 heavy (non-hydrogen) atoms. The number of aliphatic carboxylic acids is 1. The number of benzene rings is 2. The molecule has 2 aromatic rings. The van der Waals surface area contributed by atoms with Crippen molar-refractivity contribution in [2.24, 2.45) is 0 Å². The lowest BCUT2D eigenvalue weighted by molar-refractivity contribution is -0.136. The second-order valence-corrected chi connectivity index (χ2v) is 6.36. The summed E-state index contributed by atoms with van der Waals surface area (Å²) < 4.78 is 0. The molecule has 2 aromatic carbocycles. The lowest BCUT2D eigenvalue weighted by atomic mass is 10.2. The van der Waals surface area contributed by atoms with Crippen LogP contribution in [0.5, 0.6) is 0 Å². The van der Waals surface area contributed by atoms with Crippen molar-refractivity contribution in [1.29, 1.82) is 0 Å². The fourth-order valence-electron chi connectivity index (χ4n) is 1.78. The molecular weight excluding hydrogens is 387 g/mol. The molecule has 0 aliphatic rings. The molecule has 0 aliphatic carbocycles. The van der Waals surface area contributed by atoms with Gasteiger partial charge < -0.3 is 16.2 Å². The number of rotatable bonds is 5. The second-order valence-electron chi connectivity index (χ2n) is 5.60. The van der Waals surface area contributed by atoms with E-state index >= 15 is 0 Å². The molecule has 0 saturated carbocycles. The van der Waals surface area contributed by atoms with Crippen molar-refractivity contribution in [2.45, 2.75) is 26.7 Å². The molecule has 0 bridgehead atoms. The molecular formula is C20H26Cl2N2O3. The molecule has 0 aromatic heterocycles. The Morgan fingerprint density at radius 3 is 1.89 bits per heavy atom. The number of halogens is 2. The molecule has 0 fully saturated rings. The van der Waals surface area contributed by atoms with Gasteiger partial charge in [0.25, 0.3) is 0 Å². The molecule has 0 atom stereocenters. The fourth-order valence-corrected chi connectivity index (χ4v) is 2.12. The first-order chi connectivity index (χ1) is 12.8. The van der Waals surface area contributed by atoms with E-state index in [4.69, 9.17) is 34.0 Å². The van der Waals surface area contributed by atoms with E-state index in [1.165, 1.54) is 5.56 Å². The summed E-state index contributed by atoms with van der Waals surface area (Å²) in [6, 6.07) is 15.5. The third-order valence-corrected chi connectivity index (χ3v) is 3.35. The first-order valence-corrected chi connectivity index (χ1v) is 9.37. The maximum atomic E-state index is 11.1. The van der Waals surface area contributed by atoms with Gasteiger partial charge in [-0.05, 0) is 49.2 Å². The van der Waals surface area contributed by atoms with Gasteiger partial charge in [0.2, 0.25) is 5.91 Å². The molecule has 2 rings (SSSR count). The molecule has 1 amide bonds. The zero-order valence-corrected chi connectivity index (χ0v) is 17.1. The van der Waals surface area contributed by atoms with E-state index in [-0.39, 0.29) is 18.2 Å². The highest BCUT2D eigenvalue weighted by molar-refractivity contribution is 6.19. The van der Waals surface area contributed by atoms with E-state index in [0.717, 1.165) is 16.9 Å². The number of carbonyl (C=O) groups excluding carboxylic acids is 1. The van der Waals surface area contributed by atoms with Crippen LogP contribution in [0.3, 0.4) is 0 Å². The highest BCUT2D eigenvalue weighted by Crippen LogP contribution is 2.09. The number of aryl methyl sites for hydroxylation is 2. The first-order valence-electron chi connectivity index (χ1n) is 8.30. The lowest BCUT2D eigenvalue weighted by Gasteiger charge is -2.03. The van der Waals surface area contributed by atoms with Crippen molar-refractivity contribution in [3.8, 4) is 0 Å². The Labute approximate surface area is 170 Å². The Morgan fingerprint density at radius 2 is 1.52 bits per heavy atom. The van der Waals surface area contributed by atoms with Crippen LogP contribution in [0, 0.1) is 13.8 Å². The van der Waals surface area contributed by atoms with Gasteiger partial charge in [-0.1, -0.05) is 24.3 Å². The van der Waals surface area contributed by atoms with Gasteiger partial charge in [-0.2, -0.15) is 0 Å². The Hall–Kier alpha value is -2.24. The molecule has 0 spiro atoms. The van der Waals surface area contributed by atoms with Crippen molar-refractivity contribution >= 4 is 46.5 Å². The topological polar surface area (TPSA) is 92.4 Å². The standard InChI is InChI=1S/C10H12ClNO.C7H9N.C3H5ClO2/c1-8-3-2-4-9(7-8)12-10(13)5-6-11;1-6-3-2-4-7(8)5-6;4-2-1-3(5)6/h2-4,7H,5-6H2,1H3,(H,12,13);2-5H,8H2,1H3;1-2H2,(H,5,6). The number of hydrogen-bond acceptors (Lipinski definition) is 3. The van der Waals surface area contributed by atoms with Gasteiger partial charge in [-0.15, -0.1) is 23.2 Å². The number of hydrogen-bond donors (Lipinski definition) is 3. The van der Waals surface area contributed by atoms with Crippen molar-refractivity contribution < 1.29 is 14.7 Å². The summed E-state index contributed by atoms with van der Waals surface area (Å²) >= 11 is 10.4. The molecule has 0 aliphatic heterocycles. The molecule has 4 N–H and O–H groups in total. The van der Waals surface area contributed by atoms with Gasteiger partial charge in [0.15, 0.2) is 0 Å². The van der Waals surface area contributed by atoms with Gasteiger partial charge in [0, 0.05) is 29.6 Å². The van der Waals surface area contributed by atoms with Gasteiger partial charge in [0.1, 0.15) is 0 Å².